The number of unbranched alkanes of at least 4 members (excludes halogenated alkanes) is 2. The second-order valence-electron chi connectivity index (χ2n) is 31.7. The summed E-state index contributed by atoms with van der Waals surface area (Å²) in [6.45, 7) is 6.20. The van der Waals surface area contributed by atoms with Gasteiger partial charge in [0.15, 0.2) is 11.9 Å². The van der Waals surface area contributed by atoms with Crippen molar-refractivity contribution in [3.8, 4) is 0 Å². The predicted octanol–water partition coefficient (Wildman–Crippen LogP) is -5.86. The number of nitrogens with zero attached hydrogens (tertiary/aromatic N) is 2. The number of imidazole rings is 2. The van der Waals surface area contributed by atoms with Gasteiger partial charge in [0, 0.05) is 91.8 Å². The molecule has 0 spiro atoms. The van der Waals surface area contributed by atoms with Gasteiger partial charge in [0.1, 0.15) is 78.5 Å². The average molecular weight is 1870 g/mol. The number of thiol groups is 1. The van der Waals surface area contributed by atoms with Gasteiger partial charge in [-0.2, -0.15) is 24.4 Å². The van der Waals surface area contributed by atoms with Crippen LogP contribution in [-0.4, -0.2) is 282 Å². The summed E-state index contributed by atoms with van der Waals surface area (Å²) in [6, 6.07) is -6.69. The van der Waals surface area contributed by atoms with E-state index in [4.69, 9.17) is 45.2 Å². The van der Waals surface area contributed by atoms with Crippen LogP contribution in [0.25, 0.3) is 10.9 Å². The van der Waals surface area contributed by atoms with Crippen molar-refractivity contribution in [3.05, 3.63) is 108 Å². The van der Waals surface area contributed by atoms with Crippen molar-refractivity contribution >= 4 is 136 Å². The molecule has 48 heteroatoms. The summed E-state index contributed by atoms with van der Waals surface area (Å²) >= 11 is 5.27. The van der Waals surface area contributed by atoms with Crippen LogP contribution in [0.15, 0.2) is 85.8 Å². The molecule has 0 aliphatic rings. The number of carboxylic acid groups (broad SMARTS) is 1. The first-order chi connectivity index (χ1) is 62.4. The number of aliphatic hydroxyl groups is 2. The highest BCUT2D eigenvalue weighted by atomic mass is 32.2. The van der Waals surface area contributed by atoms with Crippen molar-refractivity contribution < 1.29 is 87.2 Å². The van der Waals surface area contributed by atoms with Crippen molar-refractivity contribution in [3.63, 3.8) is 0 Å². The number of carboxylic acids is 1. The number of benzene rings is 2. The number of rotatable bonds is 62. The minimum atomic E-state index is -2.02. The van der Waals surface area contributed by atoms with Crippen molar-refractivity contribution in [2.45, 2.75) is 240 Å². The van der Waals surface area contributed by atoms with Gasteiger partial charge in [-0.3, -0.25) is 77.9 Å². The van der Waals surface area contributed by atoms with E-state index in [9.17, 15) is 63.3 Å². The molecule has 0 radical (unpaired) electrons. The predicted molar refractivity (Wildman–Crippen MR) is 490 cm³/mol. The molecule has 2 aromatic carbocycles. The van der Waals surface area contributed by atoms with E-state index in [1.807, 2.05) is 0 Å². The number of hydrogen-bond donors (Lipinski definition) is 30. The largest absolute Gasteiger partial charge is 0.480 e. The third kappa shape index (κ3) is 38.2. The molecule has 3 heterocycles. The van der Waals surface area contributed by atoms with Crippen LogP contribution in [0.3, 0.4) is 0 Å². The van der Waals surface area contributed by atoms with Crippen LogP contribution < -0.4 is 114 Å². The number of aromatic amines is 3. The smallest absolute Gasteiger partial charge is 0.327 e. The summed E-state index contributed by atoms with van der Waals surface area (Å²) in [4.78, 5) is 232. The molecule has 722 valence electrons. The van der Waals surface area contributed by atoms with E-state index in [1.54, 1.807) is 80.9 Å². The maximum Gasteiger partial charge on any atom is 0.327 e. The summed E-state index contributed by atoms with van der Waals surface area (Å²) in [5.74, 6) is -16.8. The fourth-order valence-electron chi connectivity index (χ4n) is 13.7. The van der Waals surface area contributed by atoms with Crippen LogP contribution in [-0.2, 0) is 97.6 Å². The lowest BCUT2D eigenvalue weighted by Crippen LogP contribution is -2.63. The van der Waals surface area contributed by atoms with Crippen molar-refractivity contribution in [1.29, 1.82) is 10.8 Å². The van der Waals surface area contributed by atoms with E-state index in [0.717, 1.165) is 13.8 Å². The fraction of sp³-hybridized carbons (Fsp3) is 0.554. The first-order valence-electron chi connectivity index (χ1n) is 43.2. The number of H-pyrrole nitrogens is 3. The van der Waals surface area contributed by atoms with E-state index < -0.39 is 216 Å². The standard InChI is InChI=1S/C83H130N28O18S2/c1-6-44(2)65(109-72(119)54(23-13-15-30-85)100-75(122)61(36-49-39-92-42-97-49)104-68(115)52(86)21-12-14-29-84)78(125)101-55(24-16-31-94-82(88)89)69(116)107-62(37-50-40-93-43-98-50)76(123)106-60(35-48-38-96-53-22-11-10-20-51(48)53)74(121)105-59(34-47-18-8-7-9-19-47)77(124)111-67(46(4)113)79(126)102-57(26-27-64(87)114)70(117)99-56(25-17-32-95-83(90)91)73(120)110-66(45(3)112)80(127)103-58(28-33-131-5)71(118)108-63(41-130)81(128)129/h7-11,18-20,22,38-40,42-46,52,54-63,65-67,96,112-113,130H,6,12-17,21,23-37,41,84-86H2,1-5H3,(H2,87,114)(H,92,97)(H,93,98)(H,99,117)(H,100,122)(H,101,125)(H,102,126)(H,103,127)(H,104,115)(H,105,121)(H,106,123)(H,107,116)(H,108,118)(H,109,119)(H,110,120)(H,111,124)(H,128,129)(H4,88,89,94)(H4,90,91,95)/t44-,45+,46+,52-,54-,55-,56-,57-,58-,59-,60-,61-,62-,63-,65-,66-,67-/m0/s1. The SMILES string of the molecule is CC[C@H](C)[C@H](NC(=O)[C@H](CCCCN)NC(=O)[C@H](Cc1cnc[nH]1)NC(=O)[C@@H](N)CCCCN)C(=O)N[C@@H](CCCNC(=N)N)C(=O)N[C@@H](Cc1cnc[nH]1)C(=O)N[C@@H](Cc1c[nH]c2ccccc12)C(=O)N[C@@H](Cc1ccccc1)C(=O)N[C@H](C(=O)N[C@@H](CCC(N)=O)C(=O)N[C@@H](CCCNC(=N)N)C(=O)N[C@H](C(=O)N[C@@H](CCSC)C(=O)N[C@@H](CS)C(=O)O)[C@@H](C)O)[C@@H](C)O. The number of aromatic nitrogens is 5. The number of aliphatic carboxylic acids is 1. The highest BCUT2D eigenvalue weighted by Gasteiger charge is 2.41. The zero-order valence-corrected chi connectivity index (χ0v) is 75.8. The van der Waals surface area contributed by atoms with Gasteiger partial charge in [-0.05, 0) is 133 Å². The molecule has 35 N–H and O–H groups in total. The quantitative estimate of drug-likeness (QED) is 0.00746. The molecule has 5 aromatic rings. The maximum absolute atomic E-state index is 15.5. The molecule has 17 atom stereocenters. The number of carbonyl (C=O) groups excluding carboxylic acids is 14. The molecule has 14 amide bonds. The maximum atomic E-state index is 15.5. The van der Waals surface area contributed by atoms with Gasteiger partial charge in [-0.15, -0.1) is 0 Å². The Balaban J connectivity index is 1.49. The van der Waals surface area contributed by atoms with Crippen LogP contribution in [0.5, 0.6) is 0 Å². The second kappa shape index (κ2) is 57.5. The number of hydrogen-bond acceptors (Lipinski definition) is 26. The number of guanidine groups is 2. The first-order valence-corrected chi connectivity index (χ1v) is 45.2. The average Bonchev–Trinajstić information content (AvgIpc) is 1.67. The summed E-state index contributed by atoms with van der Waals surface area (Å²) in [7, 11) is 0. The fourth-order valence-corrected chi connectivity index (χ4v) is 14.4. The Morgan fingerprint density at radius 1 is 0.450 bits per heavy atom. The van der Waals surface area contributed by atoms with Crippen LogP contribution >= 0.6 is 24.4 Å². The second-order valence-corrected chi connectivity index (χ2v) is 33.1. The lowest BCUT2D eigenvalue weighted by Gasteiger charge is -2.30. The van der Waals surface area contributed by atoms with Crippen molar-refractivity contribution in [2.75, 3.05) is 43.9 Å². The summed E-state index contributed by atoms with van der Waals surface area (Å²) in [5.41, 5.74) is 36.7. The normalized spacial score (nSPS) is 15.1. The monoisotopic (exact) mass is 1870 g/mol. The molecule has 0 aliphatic heterocycles. The Morgan fingerprint density at radius 3 is 1.27 bits per heavy atom. The topological polar surface area (TPSA) is 774 Å². The van der Waals surface area contributed by atoms with E-state index in [-0.39, 0.29) is 114 Å². The minimum Gasteiger partial charge on any atom is -0.480 e. The molecule has 0 unspecified atom stereocenters. The Hall–Kier alpha value is -12.5. The van der Waals surface area contributed by atoms with Gasteiger partial charge in [0.25, 0.3) is 0 Å². The van der Waals surface area contributed by atoms with Gasteiger partial charge in [0.05, 0.1) is 30.9 Å². The number of primary amides is 1. The van der Waals surface area contributed by atoms with Gasteiger partial charge < -0.3 is 144 Å². The highest BCUT2D eigenvalue weighted by Crippen LogP contribution is 2.21. The van der Waals surface area contributed by atoms with Gasteiger partial charge >= 0.3 is 5.97 Å². The number of aliphatic hydroxyl groups excluding tert-OH is 2. The van der Waals surface area contributed by atoms with Crippen LogP contribution in [0.1, 0.15) is 140 Å². The summed E-state index contributed by atoms with van der Waals surface area (Å²) < 4.78 is 0. The Morgan fingerprint density at radius 2 is 0.832 bits per heavy atom. The van der Waals surface area contributed by atoms with Crippen molar-refractivity contribution in [2.24, 2.45) is 40.3 Å². The number of carbonyl (C=O) groups is 15. The molecule has 131 heavy (non-hydrogen) atoms. The molecular formula is C83H130N28O18S2. The van der Waals surface area contributed by atoms with Crippen LogP contribution in [0, 0.1) is 16.7 Å². The zero-order chi connectivity index (χ0) is 96.8. The van der Waals surface area contributed by atoms with Gasteiger partial charge in [0.2, 0.25) is 82.7 Å². The third-order valence-corrected chi connectivity index (χ3v) is 22.3. The molecule has 0 saturated heterocycles. The van der Waals surface area contributed by atoms with E-state index >= 15 is 24.0 Å². The van der Waals surface area contributed by atoms with Gasteiger partial charge in [-0.25, -0.2) is 14.8 Å². The molecule has 0 aliphatic carbocycles. The van der Waals surface area contributed by atoms with Crippen LogP contribution in [0.4, 0.5) is 0 Å². The number of nitrogens with one attached hydrogen (secondary N) is 20. The molecule has 0 saturated carbocycles. The molecule has 0 fully saturated rings. The molecule has 5 rings (SSSR count). The molecule has 46 nitrogen and oxygen atoms in total. The number of para-hydroxylation sites is 1. The number of thioether (sulfide) groups is 1. The van der Waals surface area contributed by atoms with E-state index in [1.165, 1.54) is 36.8 Å². The Kier molecular flexibility index (Phi) is 47.9. The Bertz CT molecular complexity index is 4550. The lowest BCUT2D eigenvalue weighted by molar-refractivity contribution is -0.141. The van der Waals surface area contributed by atoms with Crippen molar-refractivity contribution in [1.82, 2.24) is 105 Å². The van der Waals surface area contributed by atoms with E-state index in [0.29, 0.717) is 60.0 Å². The summed E-state index contributed by atoms with van der Waals surface area (Å²) in [5, 5.41) is 86.9. The molecule has 3 aromatic heterocycles. The zero-order valence-electron chi connectivity index (χ0n) is 74.0. The third-order valence-electron chi connectivity index (χ3n) is 21.3. The first kappa shape index (κ1) is 109. The number of fused-ring (bicyclic) bond motifs is 1. The van der Waals surface area contributed by atoms with E-state index in [2.05, 4.69) is 117 Å². The van der Waals surface area contributed by atoms with Crippen LogP contribution in [0.2, 0.25) is 0 Å². The number of amides is 14. The summed E-state index contributed by atoms with van der Waals surface area (Å²) in [6.07, 6.45) is 4.93. The minimum absolute atomic E-state index is 0.00379. The Labute approximate surface area is 767 Å². The molecule has 0 bridgehead atoms. The lowest BCUT2D eigenvalue weighted by atomic mass is 9.96. The number of nitrogens with two attached hydrogens (primary N) is 6. The highest BCUT2D eigenvalue weighted by molar-refractivity contribution is 7.98. The van der Waals surface area contributed by atoms with Gasteiger partial charge in [-0.1, -0.05) is 75.2 Å². The molecular weight excluding hydrogens is 1740 g/mol.